The van der Waals surface area contributed by atoms with E-state index in [1.807, 2.05) is 0 Å². The lowest BCUT2D eigenvalue weighted by Crippen LogP contribution is -2.40. The maximum Gasteiger partial charge on any atom is 0.226 e. The van der Waals surface area contributed by atoms with Crippen LogP contribution in [-0.2, 0) is 4.79 Å². The Balaban J connectivity index is 0.00000180. The van der Waals surface area contributed by atoms with Crippen LogP contribution in [-0.4, -0.2) is 30.0 Å². The third-order valence-corrected chi connectivity index (χ3v) is 3.79. The zero-order valence-corrected chi connectivity index (χ0v) is 11.8. The molecule has 1 heterocycles. The van der Waals surface area contributed by atoms with E-state index in [0.717, 1.165) is 24.1 Å². The lowest BCUT2D eigenvalue weighted by molar-refractivity contribution is -0.116. The first-order valence-corrected chi connectivity index (χ1v) is 6.87. The zero-order chi connectivity index (χ0) is 13.0. The van der Waals surface area contributed by atoms with E-state index in [4.69, 9.17) is 0 Å². The van der Waals surface area contributed by atoms with Gasteiger partial charge in [0.15, 0.2) is 11.6 Å². The SMILES string of the molecule is Cl.O=C(CC1CSCCN1)Nc1cccc(F)c1F. The molecule has 1 saturated heterocycles. The number of halogens is 3. The molecule has 0 spiro atoms. The van der Waals surface area contributed by atoms with E-state index >= 15 is 0 Å². The predicted octanol–water partition coefficient (Wildman–Crippen LogP) is 2.42. The molecule has 0 aliphatic carbocycles. The quantitative estimate of drug-likeness (QED) is 0.901. The average Bonchev–Trinajstić information content (AvgIpc) is 2.36. The van der Waals surface area contributed by atoms with Gasteiger partial charge < -0.3 is 10.6 Å². The van der Waals surface area contributed by atoms with Crippen LogP contribution in [0.1, 0.15) is 6.42 Å². The first kappa shape index (κ1) is 16.2. The van der Waals surface area contributed by atoms with Crippen molar-refractivity contribution in [2.75, 3.05) is 23.4 Å². The summed E-state index contributed by atoms with van der Waals surface area (Å²) < 4.78 is 26.3. The number of rotatable bonds is 3. The minimum Gasteiger partial charge on any atom is -0.323 e. The monoisotopic (exact) mass is 308 g/mol. The molecule has 1 atom stereocenters. The molecule has 0 aromatic heterocycles. The fourth-order valence-corrected chi connectivity index (χ4v) is 2.73. The van der Waals surface area contributed by atoms with Gasteiger partial charge >= 0.3 is 0 Å². The summed E-state index contributed by atoms with van der Waals surface area (Å²) in [6, 6.07) is 3.83. The van der Waals surface area contributed by atoms with Crippen LogP contribution >= 0.6 is 24.2 Å². The average molecular weight is 309 g/mol. The van der Waals surface area contributed by atoms with Crippen molar-refractivity contribution in [2.24, 2.45) is 0 Å². The Morgan fingerprint density at radius 2 is 2.26 bits per heavy atom. The van der Waals surface area contributed by atoms with Gasteiger partial charge in [-0.25, -0.2) is 8.78 Å². The molecule has 1 aliphatic heterocycles. The highest BCUT2D eigenvalue weighted by atomic mass is 35.5. The van der Waals surface area contributed by atoms with E-state index < -0.39 is 11.6 Å². The Kier molecular flexibility index (Phi) is 6.54. The first-order chi connectivity index (χ1) is 8.66. The number of nitrogens with one attached hydrogen (secondary N) is 2. The molecular formula is C12H15ClF2N2OS. The fourth-order valence-electron chi connectivity index (χ4n) is 1.78. The van der Waals surface area contributed by atoms with E-state index in [-0.39, 0.29) is 36.5 Å². The second-order valence-corrected chi connectivity index (χ2v) is 5.23. The molecule has 1 fully saturated rings. The van der Waals surface area contributed by atoms with E-state index in [9.17, 15) is 13.6 Å². The van der Waals surface area contributed by atoms with Gasteiger partial charge in [-0.3, -0.25) is 4.79 Å². The summed E-state index contributed by atoms with van der Waals surface area (Å²) in [4.78, 5) is 11.7. The Hall–Kier alpha value is -0.850. The predicted molar refractivity (Wildman–Crippen MR) is 76.0 cm³/mol. The third kappa shape index (κ3) is 4.63. The van der Waals surface area contributed by atoms with Gasteiger partial charge in [0.1, 0.15) is 0 Å². The van der Waals surface area contributed by atoms with Crippen molar-refractivity contribution in [3.05, 3.63) is 29.8 Å². The Morgan fingerprint density at radius 3 is 2.95 bits per heavy atom. The van der Waals surface area contributed by atoms with Crippen LogP contribution in [0.5, 0.6) is 0 Å². The molecule has 1 amide bonds. The Morgan fingerprint density at radius 1 is 1.47 bits per heavy atom. The summed E-state index contributed by atoms with van der Waals surface area (Å²) in [5, 5.41) is 5.61. The van der Waals surface area contributed by atoms with E-state index in [0.29, 0.717) is 0 Å². The van der Waals surface area contributed by atoms with Gasteiger partial charge in [-0.15, -0.1) is 12.4 Å². The van der Waals surface area contributed by atoms with Gasteiger partial charge in [0.2, 0.25) is 5.91 Å². The van der Waals surface area contributed by atoms with Gasteiger partial charge in [0.05, 0.1) is 5.69 Å². The molecule has 0 saturated carbocycles. The van der Waals surface area contributed by atoms with Crippen molar-refractivity contribution < 1.29 is 13.6 Å². The topological polar surface area (TPSA) is 41.1 Å². The number of benzene rings is 1. The Bertz CT molecular complexity index is 442. The molecule has 106 valence electrons. The molecule has 2 rings (SSSR count). The lowest BCUT2D eigenvalue weighted by Gasteiger charge is -2.22. The highest BCUT2D eigenvalue weighted by molar-refractivity contribution is 7.99. The number of hydrogen-bond acceptors (Lipinski definition) is 3. The highest BCUT2D eigenvalue weighted by Gasteiger charge is 2.18. The largest absolute Gasteiger partial charge is 0.323 e. The van der Waals surface area contributed by atoms with Gasteiger partial charge in [0, 0.05) is 30.5 Å². The van der Waals surface area contributed by atoms with Gasteiger partial charge in [-0.2, -0.15) is 11.8 Å². The van der Waals surface area contributed by atoms with Crippen molar-refractivity contribution in [2.45, 2.75) is 12.5 Å². The summed E-state index contributed by atoms with van der Waals surface area (Å²) in [6.07, 6.45) is 0.267. The van der Waals surface area contributed by atoms with Crippen LogP contribution in [0.3, 0.4) is 0 Å². The van der Waals surface area contributed by atoms with Gasteiger partial charge in [-0.1, -0.05) is 6.07 Å². The maximum absolute atomic E-state index is 13.3. The summed E-state index contributed by atoms with van der Waals surface area (Å²) in [7, 11) is 0. The van der Waals surface area contributed by atoms with Crippen LogP contribution in [0.25, 0.3) is 0 Å². The van der Waals surface area contributed by atoms with Crippen LogP contribution in [0.2, 0.25) is 0 Å². The van der Waals surface area contributed by atoms with Crippen LogP contribution < -0.4 is 10.6 Å². The molecule has 3 nitrogen and oxygen atoms in total. The minimum absolute atomic E-state index is 0. The Labute approximate surface area is 120 Å². The molecule has 1 unspecified atom stereocenters. The van der Waals surface area contributed by atoms with Crippen molar-refractivity contribution in [1.29, 1.82) is 0 Å². The highest BCUT2D eigenvalue weighted by Crippen LogP contribution is 2.17. The first-order valence-electron chi connectivity index (χ1n) is 5.72. The second-order valence-electron chi connectivity index (χ2n) is 4.08. The number of carbonyl (C=O) groups is 1. The second kappa shape index (κ2) is 7.67. The van der Waals surface area contributed by atoms with Crippen molar-refractivity contribution in [3.8, 4) is 0 Å². The smallest absolute Gasteiger partial charge is 0.226 e. The molecule has 7 heteroatoms. The molecule has 2 N–H and O–H groups in total. The standard InChI is InChI=1S/C12H14F2N2OS.ClH/c13-9-2-1-3-10(12(9)14)16-11(17)6-8-7-18-5-4-15-8;/h1-3,8,15H,4-7H2,(H,16,17);1H. The number of thioether (sulfide) groups is 1. The van der Waals surface area contributed by atoms with Gasteiger partial charge in [-0.05, 0) is 12.1 Å². The summed E-state index contributed by atoms with van der Waals surface area (Å²) in [5.41, 5.74) is -0.108. The van der Waals surface area contributed by atoms with Crippen molar-refractivity contribution >= 4 is 35.8 Å². The maximum atomic E-state index is 13.3. The number of hydrogen-bond donors (Lipinski definition) is 2. The van der Waals surface area contributed by atoms with Crippen molar-refractivity contribution in [3.63, 3.8) is 0 Å². The van der Waals surface area contributed by atoms with Crippen LogP contribution in [0, 0.1) is 11.6 Å². The summed E-state index contributed by atoms with van der Waals surface area (Å²) in [6.45, 7) is 0.872. The zero-order valence-electron chi connectivity index (χ0n) is 10.1. The third-order valence-electron chi connectivity index (χ3n) is 2.66. The molecule has 19 heavy (non-hydrogen) atoms. The van der Waals surface area contributed by atoms with E-state index in [2.05, 4.69) is 10.6 Å². The normalized spacial score (nSPS) is 18.5. The van der Waals surface area contributed by atoms with Crippen LogP contribution in [0.15, 0.2) is 18.2 Å². The molecule has 1 aromatic carbocycles. The molecule has 0 bridgehead atoms. The van der Waals surface area contributed by atoms with Gasteiger partial charge in [0.25, 0.3) is 0 Å². The summed E-state index contributed by atoms with van der Waals surface area (Å²) >= 11 is 1.78. The lowest BCUT2D eigenvalue weighted by atomic mass is 10.2. The van der Waals surface area contributed by atoms with Crippen molar-refractivity contribution in [1.82, 2.24) is 5.32 Å². The number of anilines is 1. The van der Waals surface area contributed by atoms with E-state index in [1.54, 1.807) is 11.8 Å². The minimum atomic E-state index is -1.02. The molecular weight excluding hydrogens is 294 g/mol. The van der Waals surface area contributed by atoms with E-state index in [1.165, 1.54) is 12.1 Å². The fraction of sp³-hybridized carbons (Fsp3) is 0.417. The molecule has 0 radical (unpaired) electrons. The summed E-state index contributed by atoms with van der Waals surface area (Å²) in [5.74, 6) is -0.383. The number of amides is 1. The van der Waals surface area contributed by atoms with Crippen LogP contribution in [0.4, 0.5) is 14.5 Å². The molecule has 1 aliphatic rings. The number of carbonyl (C=O) groups excluding carboxylic acids is 1. The molecule has 1 aromatic rings.